The van der Waals surface area contributed by atoms with E-state index >= 15 is 9.59 Å². The van der Waals surface area contributed by atoms with E-state index < -0.39 is 193 Å². The molecule has 0 bridgehead atoms. The number of carboxylic acids is 1. The van der Waals surface area contributed by atoms with Crippen molar-refractivity contribution in [3.8, 4) is 5.75 Å². The highest BCUT2D eigenvalue weighted by Crippen LogP contribution is 2.28. The number of carbonyl (C=O) groups excluding carboxylic acids is 12. The molecule has 16 N–H and O–H groups in total. The number of nitrogens with zero attached hydrogens (tertiary/aromatic N) is 1. The molecule has 0 radical (unpaired) electrons. The zero-order chi connectivity index (χ0) is 78.5. The normalized spacial score (nSPS) is 24.8. The molecule has 32 heteroatoms. The number of aliphatic hydroxyl groups excluding tert-OH is 4. The number of aromatic nitrogens is 1. The third-order valence-corrected chi connectivity index (χ3v) is 18.2. The summed E-state index contributed by atoms with van der Waals surface area (Å²) in [5, 5.41) is 81.9. The van der Waals surface area contributed by atoms with E-state index in [0.29, 0.717) is 33.3 Å². The van der Waals surface area contributed by atoms with E-state index in [2.05, 4.69) is 58.2 Å². The number of fused-ring (bicyclic) bond motifs is 2. The minimum absolute atomic E-state index is 0.0253. The number of rotatable bonds is 17. The van der Waals surface area contributed by atoms with Gasteiger partial charge in [0, 0.05) is 36.1 Å². The molecule has 0 spiro atoms. The number of benzene rings is 4. The molecule has 15 atom stereocenters. The average molecular weight is 1480 g/mol. The number of carbonyl (C=O) groups is 13. The fraction of sp³-hybridized carbons (Fsp3) is 0.427. The number of H-pyrrole nitrogens is 1. The smallest absolute Gasteiger partial charge is 0.331 e. The monoisotopic (exact) mass is 1480 g/mol. The third-order valence-electron chi connectivity index (χ3n) is 18.2. The van der Waals surface area contributed by atoms with Gasteiger partial charge in [0.15, 0.2) is 6.04 Å². The Balaban J connectivity index is 1.30. The first-order valence-corrected chi connectivity index (χ1v) is 34.9. The Labute approximate surface area is 617 Å². The van der Waals surface area contributed by atoms with Gasteiger partial charge in [-0.05, 0) is 111 Å². The molecule has 574 valence electrons. The van der Waals surface area contributed by atoms with Crippen LogP contribution in [0.5, 0.6) is 5.75 Å². The SMILES string of the molecule is C/C=C\c1ccccc1/C=C/C(=O)N[C@@H]1C(=O)N[C@@H](C)C(=O)N[C@@H]([C@H](C)C(=O)O)C(=O)NCC(=O)N[C@@H]([C@@H](O)c2ccccc2)C(=O)N2CCC[C@H]2C(=O)N[C@@H]([C@@H](O)c2ccc(OC)cc2)C(=O)N[C@H](Cc2c[nH]c3ccccc23)C(=O)N[C@@H](O)C(=O)N[C@H](CC(C)C)C(=O)NC([C@@H](O)C(C)C)C(=O)O[C@@H]1C. The van der Waals surface area contributed by atoms with Gasteiger partial charge in [-0.15, -0.1) is 0 Å². The summed E-state index contributed by atoms with van der Waals surface area (Å²) < 4.78 is 11.1. The van der Waals surface area contributed by atoms with E-state index in [1.54, 1.807) is 87.5 Å². The van der Waals surface area contributed by atoms with Crippen LogP contribution in [-0.2, 0) is 73.5 Å². The summed E-state index contributed by atoms with van der Waals surface area (Å²) in [7, 11) is 1.38. The average Bonchev–Trinajstić information content (AvgIpc) is 1.63. The summed E-state index contributed by atoms with van der Waals surface area (Å²) in [4.78, 5) is 191. The molecule has 0 saturated carbocycles. The Kier molecular flexibility index (Phi) is 29.9. The maximum atomic E-state index is 15.1. The lowest BCUT2D eigenvalue weighted by Gasteiger charge is -2.33. The molecule has 2 saturated heterocycles. The fourth-order valence-electron chi connectivity index (χ4n) is 12.1. The number of amides is 11. The third kappa shape index (κ3) is 22.4. The standard InChI is InChI=1S/C75H94N12O20/c1-10-19-43-20-14-15-21-44(43)29-32-54(88)81-57-42(8)107-75(105)60(61(90)39(4)5)85-65(94)51(34-38(2)3)80-71(100)72(101)86-66(95)52(35-47-36-76-50-25-17-16-24-49(47)50)79-70(99)58(62(91)46-27-30-48(106-9)31-28-46)84-67(96)53-26-18-33-87(53)73(102)59(63(92)45-22-12-11-13-23-45)82-55(89)37-77-68(97)56(40(6)74(103)104)83-64(93)41(7)78-69(57)98/h10-17,19-25,27-32,36,38-42,51-53,56-63,72,76,90-92,101H,18,26,33-35,37H2,1-9H3,(H,77,97)(H,78,98)(H,79,99)(H,80,100)(H,81,88)(H,82,89)(H,83,93)(H,84,96)(H,85,94)(H,86,95)(H,103,104)/b19-10-,32-29+/t40-,41-,42+,51+,52+,53-,56-,57-,58-,59-,60?,61-,62-,63-,72-/m0/s1. The van der Waals surface area contributed by atoms with Gasteiger partial charge in [-0.25, -0.2) is 4.79 Å². The predicted molar refractivity (Wildman–Crippen MR) is 387 cm³/mol. The van der Waals surface area contributed by atoms with E-state index in [1.807, 2.05) is 0 Å². The van der Waals surface area contributed by atoms with E-state index in [9.17, 15) is 78.3 Å². The number of aliphatic carboxylic acids is 1. The van der Waals surface area contributed by atoms with Crippen LogP contribution in [0.4, 0.5) is 0 Å². The maximum Gasteiger partial charge on any atom is 0.331 e. The van der Waals surface area contributed by atoms with E-state index in [4.69, 9.17) is 9.47 Å². The number of hydrogen-bond donors (Lipinski definition) is 16. The molecular weight excluding hydrogens is 1390 g/mol. The molecule has 5 aromatic rings. The van der Waals surface area contributed by atoms with Crippen LogP contribution in [0, 0.1) is 17.8 Å². The molecule has 1 unspecified atom stereocenters. The molecule has 2 fully saturated rings. The summed E-state index contributed by atoms with van der Waals surface area (Å²) in [6.07, 6.45) is -2.94. The second-order valence-electron chi connectivity index (χ2n) is 26.9. The van der Waals surface area contributed by atoms with Crippen LogP contribution < -0.4 is 57.9 Å². The number of cyclic esters (lactones) is 1. The molecule has 7 rings (SSSR count). The topological polar surface area (TPSA) is 481 Å². The van der Waals surface area contributed by atoms with Gasteiger partial charge >= 0.3 is 11.9 Å². The quantitative estimate of drug-likeness (QED) is 0.0434. The summed E-state index contributed by atoms with van der Waals surface area (Å²) in [6, 6.07) is 10.3. The van der Waals surface area contributed by atoms with Crippen LogP contribution in [0.15, 0.2) is 121 Å². The van der Waals surface area contributed by atoms with Crippen LogP contribution in [0.1, 0.15) is 115 Å². The van der Waals surface area contributed by atoms with E-state index in [0.717, 1.165) is 31.7 Å². The summed E-state index contributed by atoms with van der Waals surface area (Å²) in [5.41, 5.74) is 2.37. The van der Waals surface area contributed by atoms with Crippen molar-refractivity contribution in [3.05, 3.63) is 149 Å². The molecule has 2 aliphatic rings. The second kappa shape index (κ2) is 38.6. The van der Waals surface area contributed by atoms with Gasteiger partial charge < -0.3 is 98.1 Å². The lowest BCUT2D eigenvalue weighted by Crippen LogP contribution is -2.62. The Morgan fingerprint density at radius 3 is 1.88 bits per heavy atom. The zero-order valence-corrected chi connectivity index (χ0v) is 60.6. The largest absolute Gasteiger partial charge is 0.497 e. The molecule has 0 aliphatic carbocycles. The number of esters is 1. The molecule has 2 aliphatic heterocycles. The fourth-order valence-corrected chi connectivity index (χ4v) is 12.1. The highest BCUT2D eigenvalue weighted by atomic mass is 16.5. The van der Waals surface area contributed by atoms with Crippen molar-refractivity contribution in [3.63, 3.8) is 0 Å². The predicted octanol–water partition coefficient (Wildman–Crippen LogP) is 0.102. The van der Waals surface area contributed by atoms with Crippen molar-refractivity contribution in [1.82, 2.24) is 63.1 Å². The van der Waals surface area contributed by atoms with Gasteiger partial charge in [-0.3, -0.25) is 57.5 Å². The van der Waals surface area contributed by atoms with Gasteiger partial charge in [0.25, 0.3) is 5.91 Å². The Morgan fingerprint density at radius 2 is 1.23 bits per heavy atom. The highest BCUT2D eigenvalue weighted by molar-refractivity contribution is 6.01. The van der Waals surface area contributed by atoms with Crippen molar-refractivity contribution in [2.75, 3.05) is 20.2 Å². The summed E-state index contributed by atoms with van der Waals surface area (Å²) in [6.45, 7) is 10.1. The maximum absolute atomic E-state index is 15.1. The summed E-state index contributed by atoms with van der Waals surface area (Å²) in [5.74, 6) is -18.7. The van der Waals surface area contributed by atoms with Gasteiger partial charge in [-0.1, -0.05) is 125 Å². The van der Waals surface area contributed by atoms with Crippen molar-refractivity contribution in [2.24, 2.45) is 17.8 Å². The van der Waals surface area contributed by atoms with E-state index in [1.165, 1.54) is 81.8 Å². The summed E-state index contributed by atoms with van der Waals surface area (Å²) >= 11 is 0. The molecule has 11 amide bonds. The zero-order valence-electron chi connectivity index (χ0n) is 60.6. The molecular formula is C75H94N12O20. The second-order valence-corrected chi connectivity index (χ2v) is 26.9. The number of aromatic amines is 1. The highest BCUT2D eigenvalue weighted by Gasteiger charge is 2.45. The number of methoxy groups -OCH3 is 1. The van der Waals surface area contributed by atoms with Gasteiger partial charge in [0.1, 0.15) is 72.4 Å². The Hall–Kier alpha value is -11.4. The van der Waals surface area contributed by atoms with E-state index in [-0.39, 0.29) is 36.9 Å². The molecule has 3 heterocycles. The number of carboxylic acid groups (broad SMARTS) is 1. The van der Waals surface area contributed by atoms with Gasteiger partial charge in [0.05, 0.1) is 25.7 Å². The first-order valence-electron chi connectivity index (χ1n) is 34.9. The molecule has 1 aromatic heterocycles. The molecule has 32 nitrogen and oxygen atoms in total. The lowest BCUT2D eigenvalue weighted by molar-refractivity contribution is -0.160. The number of ether oxygens (including phenoxy) is 2. The van der Waals surface area contributed by atoms with Crippen LogP contribution in [0.3, 0.4) is 0 Å². The number of para-hydroxylation sites is 1. The minimum Gasteiger partial charge on any atom is -0.497 e. The molecule has 4 aromatic carbocycles. The first-order chi connectivity index (χ1) is 50.8. The number of allylic oxidation sites excluding steroid dienone is 1. The Morgan fingerprint density at radius 1 is 0.636 bits per heavy atom. The van der Waals surface area contributed by atoms with Crippen molar-refractivity contribution < 1.29 is 97.3 Å². The van der Waals surface area contributed by atoms with Crippen LogP contribution in [-0.4, -0.2) is 205 Å². The number of hydrogen-bond acceptors (Lipinski definition) is 19. The first kappa shape index (κ1) is 82.9. The van der Waals surface area contributed by atoms with Gasteiger partial charge in [0.2, 0.25) is 65.3 Å². The minimum atomic E-state index is -2.52. The van der Waals surface area contributed by atoms with Gasteiger partial charge in [-0.2, -0.15) is 0 Å². The van der Waals surface area contributed by atoms with Crippen molar-refractivity contribution >= 4 is 100.0 Å². The Bertz CT molecular complexity index is 4090. The number of aliphatic hydroxyl groups is 4. The number of nitrogens with one attached hydrogen (secondary N) is 11. The van der Waals surface area contributed by atoms with Crippen LogP contribution in [0.25, 0.3) is 23.1 Å². The lowest BCUT2D eigenvalue weighted by atomic mass is 9.97. The molecule has 107 heavy (non-hydrogen) atoms. The van der Waals surface area contributed by atoms with Crippen LogP contribution in [0.2, 0.25) is 0 Å². The van der Waals surface area contributed by atoms with Crippen molar-refractivity contribution in [1.29, 1.82) is 0 Å². The van der Waals surface area contributed by atoms with Crippen molar-refractivity contribution in [2.45, 2.75) is 166 Å². The van der Waals surface area contributed by atoms with Crippen LogP contribution >= 0.6 is 0 Å².